The van der Waals surface area contributed by atoms with Gasteiger partial charge >= 0.3 is 0 Å². The number of para-hydroxylation sites is 1. The number of aliphatic imine (C=N–C) groups is 1. The molecule has 3 nitrogen and oxygen atoms in total. The van der Waals surface area contributed by atoms with Crippen LogP contribution in [0.3, 0.4) is 0 Å². The average Bonchev–Trinajstić information content (AvgIpc) is 2.85. The summed E-state index contributed by atoms with van der Waals surface area (Å²) < 4.78 is 0. The zero-order valence-electron chi connectivity index (χ0n) is 20.9. The first kappa shape index (κ1) is 25.2. The number of aryl methyl sites for hydroxylation is 1. The van der Waals surface area contributed by atoms with Crippen molar-refractivity contribution in [3.8, 4) is 11.5 Å². The number of hydrogen-bond acceptors (Lipinski definition) is 4. The van der Waals surface area contributed by atoms with Gasteiger partial charge in [-0.1, -0.05) is 41.4 Å². The van der Waals surface area contributed by atoms with E-state index in [9.17, 15) is 10.2 Å². The fourth-order valence-electron chi connectivity index (χ4n) is 7.46. The van der Waals surface area contributed by atoms with Crippen LogP contribution in [-0.2, 0) is 11.2 Å². The van der Waals surface area contributed by atoms with Crippen LogP contribution in [-0.4, -0.2) is 16.4 Å². The molecule has 4 bridgehead atoms. The summed E-state index contributed by atoms with van der Waals surface area (Å²) in [4.78, 5) is 5.79. The van der Waals surface area contributed by atoms with E-state index in [-0.39, 0.29) is 16.2 Å². The second-order valence-corrected chi connectivity index (χ2v) is 13.2. The maximum absolute atomic E-state index is 11.5. The van der Waals surface area contributed by atoms with Crippen LogP contribution in [0.15, 0.2) is 58.4 Å². The Hall–Kier alpha value is -2.14. The van der Waals surface area contributed by atoms with E-state index in [2.05, 4.69) is 13.0 Å². The predicted molar refractivity (Wildman–Crippen MR) is 154 cm³/mol. The third kappa shape index (κ3) is 4.89. The highest BCUT2D eigenvalue weighted by molar-refractivity contribution is 7.98. The Bertz CT molecular complexity index is 1350. The van der Waals surface area contributed by atoms with Crippen molar-refractivity contribution < 1.29 is 10.2 Å². The monoisotopic (exact) mass is 551 g/mol. The average molecular weight is 553 g/mol. The predicted octanol–water partition coefficient (Wildman–Crippen LogP) is 9.22. The van der Waals surface area contributed by atoms with Crippen molar-refractivity contribution >= 4 is 46.9 Å². The lowest BCUT2D eigenvalue weighted by molar-refractivity contribution is -0.00616. The number of aromatic hydroxyl groups is 2. The first-order chi connectivity index (χ1) is 17.8. The van der Waals surface area contributed by atoms with Crippen LogP contribution in [0.4, 0.5) is 5.69 Å². The molecule has 0 amide bonds. The number of phenolic OH excluding ortho intramolecular Hbond substituents is 2. The molecule has 0 saturated heterocycles. The highest BCUT2D eigenvalue weighted by Gasteiger charge is 2.52. The zero-order chi connectivity index (χ0) is 25.7. The Morgan fingerprint density at radius 3 is 2.32 bits per heavy atom. The third-order valence-corrected chi connectivity index (χ3v) is 10.2. The molecule has 0 spiro atoms. The van der Waals surface area contributed by atoms with Gasteiger partial charge < -0.3 is 10.2 Å². The molecule has 0 aromatic heterocycles. The third-order valence-electron chi connectivity index (χ3n) is 8.59. The fourth-order valence-corrected chi connectivity index (χ4v) is 8.97. The molecule has 2 N–H and O–H groups in total. The van der Waals surface area contributed by atoms with E-state index < -0.39 is 0 Å². The van der Waals surface area contributed by atoms with E-state index in [4.69, 9.17) is 28.2 Å². The molecule has 7 rings (SSSR count). The van der Waals surface area contributed by atoms with Crippen molar-refractivity contribution in [1.29, 1.82) is 0 Å². The van der Waals surface area contributed by atoms with Crippen molar-refractivity contribution in [1.82, 2.24) is 0 Å². The van der Waals surface area contributed by atoms with Crippen molar-refractivity contribution in [2.75, 3.05) is 0 Å². The quantitative estimate of drug-likeness (QED) is 0.237. The molecule has 3 aromatic carbocycles. The van der Waals surface area contributed by atoms with Crippen LogP contribution in [0.1, 0.15) is 60.8 Å². The SMILES string of the molecule is Cc1cc(C=Nc2ccccc2SCc2cc(Cl)cc(Cl)c2O)c(O)c(C23CC4CC(CC(C4)C2)C3)c1. The maximum Gasteiger partial charge on any atom is 0.138 e. The van der Waals surface area contributed by atoms with Crippen molar-refractivity contribution in [2.45, 2.75) is 61.5 Å². The summed E-state index contributed by atoms with van der Waals surface area (Å²) in [7, 11) is 0. The van der Waals surface area contributed by atoms with Gasteiger partial charge in [-0.3, -0.25) is 4.99 Å². The van der Waals surface area contributed by atoms with Gasteiger partial charge in [0.1, 0.15) is 11.5 Å². The summed E-state index contributed by atoms with van der Waals surface area (Å²) in [5.74, 6) is 3.43. The Kier molecular flexibility index (Phi) is 6.71. The molecular weight excluding hydrogens is 521 g/mol. The Labute approximate surface area is 232 Å². The molecule has 4 fully saturated rings. The standard InChI is InChI=1S/C31H31Cl2NO2S/c1-18-6-22(29(35)25(7-18)31-13-19-8-20(14-31)10-21(9-19)15-31)16-34-27-4-2-3-5-28(27)37-17-23-11-24(32)12-26(33)30(23)36/h2-7,11-12,16,19-21,35-36H,8-10,13-15,17H2,1H3. The second-order valence-electron chi connectivity index (χ2n) is 11.4. The van der Waals surface area contributed by atoms with Gasteiger partial charge in [-0.2, -0.15) is 0 Å². The lowest BCUT2D eigenvalue weighted by Gasteiger charge is -2.57. The molecule has 0 heterocycles. The van der Waals surface area contributed by atoms with Gasteiger partial charge in [-0.25, -0.2) is 0 Å². The highest BCUT2D eigenvalue weighted by atomic mass is 35.5. The van der Waals surface area contributed by atoms with Gasteiger partial charge in [0.25, 0.3) is 0 Å². The van der Waals surface area contributed by atoms with Gasteiger partial charge in [0.2, 0.25) is 0 Å². The summed E-state index contributed by atoms with van der Waals surface area (Å²) >= 11 is 13.8. The second kappa shape index (κ2) is 9.87. The minimum Gasteiger partial charge on any atom is -0.507 e. The Morgan fingerprint density at radius 1 is 0.946 bits per heavy atom. The molecule has 6 heteroatoms. The Balaban J connectivity index is 1.27. The fraction of sp³-hybridized carbons (Fsp3) is 0.387. The van der Waals surface area contributed by atoms with E-state index in [0.29, 0.717) is 22.1 Å². The molecule has 4 aliphatic rings. The van der Waals surface area contributed by atoms with Crippen molar-refractivity contribution in [3.05, 3.63) is 80.8 Å². The highest BCUT2D eigenvalue weighted by Crippen LogP contribution is 2.62. The van der Waals surface area contributed by atoms with Crippen LogP contribution in [0.5, 0.6) is 11.5 Å². The number of nitrogens with zero attached hydrogens (tertiary/aromatic N) is 1. The number of benzene rings is 3. The minimum atomic E-state index is 0.0569. The smallest absolute Gasteiger partial charge is 0.138 e. The van der Waals surface area contributed by atoms with Crippen molar-refractivity contribution in [3.63, 3.8) is 0 Å². The maximum atomic E-state index is 11.5. The van der Waals surface area contributed by atoms with Gasteiger partial charge in [0.15, 0.2) is 0 Å². The molecule has 0 aliphatic heterocycles. The number of halogens is 2. The molecule has 4 aliphatic carbocycles. The molecule has 4 saturated carbocycles. The molecule has 0 atom stereocenters. The van der Waals surface area contributed by atoms with E-state index in [1.807, 2.05) is 30.3 Å². The number of hydrogen-bond donors (Lipinski definition) is 2. The Morgan fingerprint density at radius 2 is 1.62 bits per heavy atom. The van der Waals surface area contributed by atoms with Gasteiger partial charge in [0.05, 0.1) is 10.7 Å². The zero-order valence-corrected chi connectivity index (χ0v) is 23.2. The lowest BCUT2D eigenvalue weighted by Crippen LogP contribution is -2.48. The molecule has 0 radical (unpaired) electrons. The lowest BCUT2D eigenvalue weighted by atomic mass is 9.48. The molecular formula is C31H31Cl2NO2S. The van der Waals surface area contributed by atoms with Crippen LogP contribution in [0.25, 0.3) is 0 Å². The van der Waals surface area contributed by atoms with E-state index in [1.54, 1.807) is 24.0 Å². The van der Waals surface area contributed by atoms with Gasteiger partial charge in [-0.05, 0) is 105 Å². The summed E-state index contributed by atoms with van der Waals surface area (Å²) in [6.45, 7) is 2.12. The van der Waals surface area contributed by atoms with Crippen LogP contribution < -0.4 is 0 Å². The number of phenols is 2. The minimum absolute atomic E-state index is 0.0569. The van der Waals surface area contributed by atoms with E-state index in [1.165, 1.54) is 50.2 Å². The largest absolute Gasteiger partial charge is 0.507 e. The molecule has 3 aromatic rings. The number of rotatable bonds is 6. The molecule has 37 heavy (non-hydrogen) atoms. The molecule has 192 valence electrons. The normalized spacial score (nSPS) is 26.3. The summed E-state index contributed by atoms with van der Waals surface area (Å²) in [5, 5.41) is 22.6. The van der Waals surface area contributed by atoms with Gasteiger partial charge in [0, 0.05) is 38.6 Å². The first-order valence-electron chi connectivity index (χ1n) is 13.1. The number of thioether (sulfide) groups is 1. The van der Waals surface area contributed by atoms with E-state index >= 15 is 0 Å². The van der Waals surface area contributed by atoms with Crippen LogP contribution in [0.2, 0.25) is 10.0 Å². The van der Waals surface area contributed by atoms with Crippen LogP contribution >= 0.6 is 35.0 Å². The van der Waals surface area contributed by atoms with Gasteiger partial charge in [-0.15, -0.1) is 11.8 Å². The van der Waals surface area contributed by atoms with Crippen molar-refractivity contribution in [2.24, 2.45) is 22.7 Å². The molecule has 0 unspecified atom stereocenters. The summed E-state index contributed by atoms with van der Waals surface area (Å²) in [5.41, 5.74) is 4.71. The summed E-state index contributed by atoms with van der Waals surface area (Å²) in [6.07, 6.45) is 9.60. The van der Waals surface area contributed by atoms with Crippen LogP contribution in [0, 0.1) is 24.7 Å². The first-order valence-corrected chi connectivity index (χ1v) is 14.8. The summed E-state index contributed by atoms with van der Waals surface area (Å²) in [6, 6.07) is 15.4. The topological polar surface area (TPSA) is 52.8 Å². The van der Waals surface area contributed by atoms with E-state index in [0.717, 1.165) is 39.5 Å².